The molecule has 1 heterocycles. The molecule has 80 valence electrons. The number of pyridine rings is 1. The predicted octanol–water partition coefficient (Wildman–Crippen LogP) is 2.36. The fourth-order valence-corrected chi connectivity index (χ4v) is 1.47. The fourth-order valence-electron chi connectivity index (χ4n) is 1.47. The Morgan fingerprint density at radius 3 is 3.00 bits per heavy atom. The van der Waals surface area contributed by atoms with Gasteiger partial charge in [0.05, 0.1) is 5.52 Å². The van der Waals surface area contributed by atoms with Crippen molar-refractivity contribution in [3.05, 3.63) is 42.1 Å². The van der Waals surface area contributed by atoms with E-state index in [1.807, 2.05) is 30.3 Å². The Morgan fingerprint density at radius 1 is 1.25 bits per heavy atom. The number of rotatable bonds is 2. The molecule has 16 heavy (non-hydrogen) atoms. The highest BCUT2D eigenvalue weighted by Gasteiger charge is 1.93. The van der Waals surface area contributed by atoms with Gasteiger partial charge in [-0.1, -0.05) is 30.0 Å². The second kappa shape index (κ2) is 5.29. The highest BCUT2D eigenvalue weighted by molar-refractivity contribution is 5.79. The Bertz CT molecular complexity index is 537. The third kappa shape index (κ3) is 2.59. The van der Waals surface area contributed by atoms with E-state index in [2.05, 4.69) is 16.8 Å². The van der Waals surface area contributed by atoms with Gasteiger partial charge in [-0.15, -0.1) is 0 Å². The molecule has 0 aliphatic heterocycles. The van der Waals surface area contributed by atoms with Gasteiger partial charge in [0.1, 0.15) is 0 Å². The van der Waals surface area contributed by atoms with Crippen LogP contribution in [0.25, 0.3) is 10.9 Å². The molecule has 1 aromatic carbocycles. The quantitative estimate of drug-likeness (QED) is 0.611. The average Bonchev–Trinajstić information content (AvgIpc) is 2.34. The fraction of sp³-hybridized carbons (Fsp3) is 0.214. The summed E-state index contributed by atoms with van der Waals surface area (Å²) in [6.45, 7) is 0.199. The summed E-state index contributed by atoms with van der Waals surface area (Å²) in [6.07, 6.45) is 3.24. The van der Waals surface area contributed by atoms with Crippen LogP contribution in [0.15, 0.2) is 36.5 Å². The number of hydrogen-bond acceptors (Lipinski definition) is 2. The van der Waals surface area contributed by atoms with E-state index >= 15 is 0 Å². The van der Waals surface area contributed by atoms with Crippen LogP contribution in [0.4, 0.5) is 0 Å². The molecule has 0 bridgehead atoms. The molecule has 2 heteroatoms. The zero-order chi connectivity index (χ0) is 11.2. The first-order valence-corrected chi connectivity index (χ1v) is 5.34. The lowest BCUT2D eigenvalue weighted by Gasteiger charge is -1.96. The minimum absolute atomic E-state index is 0.199. The third-order valence-corrected chi connectivity index (χ3v) is 2.28. The monoisotopic (exact) mass is 211 g/mol. The molecule has 0 spiro atoms. The number of fused-ring (bicyclic) bond motifs is 1. The minimum atomic E-state index is 0.199. The van der Waals surface area contributed by atoms with Crippen LogP contribution in [0.5, 0.6) is 0 Å². The van der Waals surface area contributed by atoms with Gasteiger partial charge in [-0.25, -0.2) is 0 Å². The summed E-state index contributed by atoms with van der Waals surface area (Å²) in [6, 6.07) is 10.0. The van der Waals surface area contributed by atoms with Crippen LogP contribution in [0, 0.1) is 11.8 Å². The Hall–Kier alpha value is -1.85. The van der Waals surface area contributed by atoms with Crippen molar-refractivity contribution in [2.24, 2.45) is 0 Å². The Balaban J connectivity index is 2.21. The van der Waals surface area contributed by atoms with Crippen molar-refractivity contribution < 1.29 is 5.11 Å². The Morgan fingerprint density at radius 2 is 2.12 bits per heavy atom. The van der Waals surface area contributed by atoms with Gasteiger partial charge in [0.25, 0.3) is 0 Å². The van der Waals surface area contributed by atoms with E-state index in [0.29, 0.717) is 0 Å². The molecule has 2 nitrogen and oxygen atoms in total. The Labute approximate surface area is 95.0 Å². The number of hydrogen-bond donors (Lipinski definition) is 1. The molecule has 2 rings (SSSR count). The highest BCUT2D eigenvalue weighted by Crippen LogP contribution is 2.11. The van der Waals surface area contributed by atoms with E-state index in [4.69, 9.17) is 5.11 Å². The van der Waals surface area contributed by atoms with Crippen molar-refractivity contribution in [3.63, 3.8) is 0 Å². The van der Waals surface area contributed by atoms with Gasteiger partial charge in [-0.05, 0) is 18.6 Å². The van der Waals surface area contributed by atoms with E-state index < -0.39 is 0 Å². The van der Waals surface area contributed by atoms with Crippen molar-refractivity contribution in [1.82, 2.24) is 4.98 Å². The van der Waals surface area contributed by atoms with Crippen LogP contribution in [-0.2, 0) is 0 Å². The van der Waals surface area contributed by atoms with Gasteiger partial charge in [0.15, 0.2) is 0 Å². The molecule has 0 aliphatic rings. The summed E-state index contributed by atoms with van der Waals surface area (Å²) in [5.74, 6) is 6.07. The molecule has 2 aromatic rings. The Kier molecular flexibility index (Phi) is 3.53. The normalized spacial score (nSPS) is 9.81. The molecular weight excluding hydrogens is 198 g/mol. The minimum Gasteiger partial charge on any atom is -0.396 e. The second-order valence-electron chi connectivity index (χ2n) is 3.55. The topological polar surface area (TPSA) is 33.1 Å². The van der Waals surface area contributed by atoms with Crippen molar-refractivity contribution in [2.45, 2.75) is 12.8 Å². The molecule has 1 N–H and O–H groups in total. The van der Waals surface area contributed by atoms with Crippen LogP contribution in [0.1, 0.15) is 18.4 Å². The molecule has 0 saturated carbocycles. The predicted molar refractivity (Wildman–Crippen MR) is 64.9 cm³/mol. The summed E-state index contributed by atoms with van der Waals surface area (Å²) in [5, 5.41) is 9.73. The van der Waals surface area contributed by atoms with Gasteiger partial charge >= 0.3 is 0 Å². The van der Waals surface area contributed by atoms with Gasteiger partial charge in [0, 0.05) is 30.2 Å². The molecule has 0 fully saturated rings. The van der Waals surface area contributed by atoms with Gasteiger partial charge < -0.3 is 5.11 Å². The van der Waals surface area contributed by atoms with Crippen LogP contribution in [0.3, 0.4) is 0 Å². The van der Waals surface area contributed by atoms with Crippen molar-refractivity contribution in [2.75, 3.05) is 6.61 Å². The standard InChI is InChI=1S/C14H13NO/c16-9-5-1-2-6-12-10-13-7-3-4-8-14(13)15-11-12/h3-4,7-8,10-11,16H,1,5,9H2. The van der Waals surface area contributed by atoms with Crippen LogP contribution in [0.2, 0.25) is 0 Å². The number of aliphatic hydroxyl groups is 1. The maximum Gasteiger partial charge on any atom is 0.0702 e. The van der Waals surface area contributed by atoms with E-state index in [1.165, 1.54) is 0 Å². The zero-order valence-corrected chi connectivity index (χ0v) is 8.98. The van der Waals surface area contributed by atoms with Crippen LogP contribution in [-0.4, -0.2) is 16.7 Å². The number of unbranched alkanes of at least 4 members (excludes halogenated alkanes) is 1. The number of aliphatic hydroxyl groups excluding tert-OH is 1. The maximum absolute atomic E-state index is 8.62. The summed E-state index contributed by atoms with van der Waals surface area (Å²) < 4.78 is 0. The van der Waals surface area contributed by atoms with E-state index in [0.717, 1.165) is 29.3 Å². The number of nitrogens with zero attached hydrogens (tertiary/aromatic N) is 1. The van der Waals surface area contributed by atoms with Gasteiger partial charge in [-0.3, -0.25) is 4.98 Å². The molecule has 1 aromatic heterocycles. The lowest BCUT2D eigenvalue weighted by atomic mass is 10.1. The van der Waals surface area contributed by atoms with Crippen molar-refractivity contribution in [3.8, 4) is 11.8 Å². The largest absolute Gasteiger partial charge is 0.396 e. The summed E-state index contributed by atoms with van der Waals surface area (Å²) in [4.78, 5) is 4.33. The van der Waals surface area contributed by atoms with Gasteiger partial charge in [-0.2, -0.15) is 0 Å². The molecule has 0 amide bonds. The molecule has 0 aliphatic carbocycles. The molecule has 0 saturated heterocycles. The van der Waals surface area contributed by atoms with Gasteiger partial charge in [0.2, 0.25) is 0 Å². The molecule has 0 unspecified atom stereocenters. The molecule has 0 atom stereocenters. The molecule has 0 radical (unpaired) electrons. The second-order valence-corrected chi connectivity index (χ2v) is 3.55. The first-order chi connectivity index (χ1) is 7.90. The smallest absolute Gasteiger partial charge is 0.0702 e. The van der Waals surface area contributed by atoms with Crippen LogP contribution < -0.4 is 0 Å². The number of para-hydroxylation sites is 1. The average molecular weight is 211 g/mol. The lowest BCUT2D eigenvalue weighted by Crippen LogP contribution is -1.82. The molecular formula is C14H13NO. The third-order valence-electron chi connectivity index (χ3n) is 2.28. The van der Waals surface area contributed by atoms with Crippen molar-refractivity contribution >= 4 is 10.9 Å². The SMILES string of the molecule is OCCCC#Cc1cnc2ccccc2c1. The van der Waals surface area contributed by atoms with Crippen LogP contribution >= 0.6 is 0 Å². The summed E-state index contributed by atoms with van der Waals surface area (Å²) in [7, 11) is 0. The zero-order valence-electron chi connectivity index (χ0n) is 8.98. The first kappa shape index (κ1) is 10.7. The van der Waals surface area contributed by atoms with E-state index in [-0.39, 0.29) is 6.61 Å². The lowest BCUT2D eigenvalue weighted by molar-refractivity contribution is 0.290. The van der Waals surface area contributed by atoms with E-state index in [1.54, 1.807) is 6.20 Å². The first-order valence-electron chi connectivity index (χ1n) is 5.34. The highest BCUT2D eigenvalue weighted by atomic mass is 16.2. The maximum atomic E-state index is 8.62. The van der Waals surface area contributed by atoms with Crippen molar-refractivity contribution in [1.29, 1.82) is 0 Å². The van der Waals surface area contributed by atoms with E-state index in [9.17, 15) is 0 Å². The number of aromatic nitrogens is 1. The summed E-state index contributed by atoms with van der Waals surface area (Å²) in [5.41, 5.74) is 1.92. The summed E-state index contributed by atoms with van der Waals surface area (Å²) >= 11 is 0. The number of benzene rings is 1.